The number of anilines is 1. The number of nitrogens with zero attached hydrogens (tertiary/aromatic N) is 4. The van der Waals surface area contributed by atoms with E-state index in [4.69, 9.17) is 11.6 Å². The first kappa shape index (κ1) is 10.9. The largest absolute Gasteiger partial charge is 0.370 e. The van der Waals surface area contributed by atoms with Crippen LogP contribution in [0, 0.1) is 0 Å². The lowest BCUT2D eigenvalue weighted by Crippen LogP contribution is -2.07. The number of halogens is 1. The van der Waals surface area contributed by atoms with E-state index in [1.807, 2.05) is 19.3 Å². The van der Waals surface area contributed by atoms with Crippen molar-refractivity contribution in [1.29, 1.82) is 0 Å². The van der Waals surface area contributed by atoms with Crippen molar-refractivity contribution in [3.8, 4) is 0 Å². The summed E-state index contributed by atoms with van der Waals surface area (Å²) in [6, 6.07) is 3.78. The number of hydrogen-bond donors (Lipinski definition) is 1. The summed E-state index contributed by atoms with van der Waals surface area (Å²) in [5.41, 5.74) is 1.05. The average Bonchev–Trinajstić information content (AvgIpc) is 2.64. The third kappa shape index (κ3) is 2.93. The van der Waals surface area contributed by atoms with Crippen LogP contribution in [0.1, 0.15) is 5.69 Å². The molecule has 0 fully saturated rings. The fourth-order valence-corrected chi connectivity index (χ4v) is 1.50. The highest BCUT2D eigenvalue weighted by Crippen LogP contribution is 2.05. The predicted octanol–water partition coefficient (Wildman–Crippen LogP) is 1.52. The van der Waals surface area contributed by atoms with Crippen LogP contribution in [0.5, 0.6) is 0 Å². The molecule has 0 radical (unpaired) electrons. The molecule has 2 heterocycles. The Kier molecular flexibility index (Phi) is 3.36. The third-order valence-corrected chi connectivity index (χ3v) is 2.26. The van der Waals surface area contributed by atoms with Gasteiger partial charge in [-0.2, -0.15) is 5.10 Å². The number of rotatable bonds is 4. The molecule has 0 saturated heterocycles. The first-order chi connectivity index (χ1) is 7.74. The molecule has 0 unspecified atom stereocenters. The van der Waals surface area contributed by atoms with Gasteiger partial charge in [0.25, 0.3) is 0 Å². The van der Waals surface area contributed by atoms with E-state index in [9.17, 15) is 0 Å². The monoisotopic (exact) mass is 237 g/mol. The van der Waals surface area contributed by atoms with Gasteiger partial charge in [0.1, 0.15) is 5.82 Å². The molecule has 5 nitrogen and oxygen atoms in total. The molecular formula is C10H12ClN5. The normalized spacial score (nSPS) is 10.4. The maximum Gasteiger partial charge on any atom is 0.224 e. The third-order valence-electron chi connectivity index (χ3n) is 2.08. The zero-order chi connectivity index (χ0) is 11.4. The molecule has 2 aromatic rings. The molecule has 2 aromatic heterocycles. The second kappa shape index (κ2) is 4.94. The zero-order valence-electron chi connectivity index (χ0n) is 8.89. The van der Waals surface area contributed by atoms with Crippen molar-refractivity contribution in [3.63, 3.8) is 0 Å². The summed E-state index contributed by atoms with van der Waals surface area (Å²) in [4.78, 5) is 7.84. The van der Waals surface area contributed by atoms with E-state index >= 15 is 0 Å². The predicted molar refractivity (Wildman–Crippen MR) is 62.4 cm³/mol. The Hall–Kier alpha value is -1.62. The maximum absolute atomic E-state index is 5.67. The first-order valence-corrected chi connectivity index (χ1v) is 5.33. The van der Waals surface area contributed by atoms with Gasteiger partial charge in [-0.1, -0.05) is 0 Å². The van der Waals surface area contributed by atoms with Crippen LogP contribution in [0.4, 0.5) is 5.82 Å². The Morgan fingerprint density at radius 2 is 2.31 bits per heavy atom. The summed E-state index contributed by atoms with van der Waals surface area (Å²) >= 11 is 5.67. The molecule has 0 aliphatic rings. The minimum Gasteiger partial charge on any atom is -0.370 e. The highest BCUT2D eigenvalue weighted by Gasteiger charge is 1.98. The van der Waals surface area contributed by atoms with Crippen LogP contribution < -0.4 is 5.32 Å². The van der Waals surface area contributed by atoms with Gasteiger partial charge in [-0.3, -0.25) is 4.68 Å². The number of hydrogen-bond acceptors (Lipinski definition) is 4. The van der Waals surface area contributed by atoms with E-state index in [1.165, 1.54) is 0 Å². The SMILES string of the molecule is Cn1ccc(CCNc2ccnc(Cl)n2)n1. The van der Waals surface area contributed by atoms with E-state index in [-0.39, 0.29) is 5.28 Å². The van der Waals surface area contributed by atoms with Gasteiger partial charge in [0.05, 0.1) is 5.69 Å². The topological polar surface area (TPSA) is 55.6 Å². The Labute approximate surface area is 98.5 Å². The molecule has 0 amide bonds. The number of aromatic nitrogens is 4. The molecule has 0 aromatic carbocycles. The standard InChI is InChI=1S/C10H12ClN5/c1-16-7-4-8(15-16)2-5-12-9-3-6-13-10(11)14-9/h3-4,6-7H,2,5H2,1H3,(H,12,13,14). The van der Waals surface area contributed by atoms with Crippen molar-refractivity contribution < 1.29 is 0 Å². The lowest BCUT2D eigenvalue weighted by atomic mass is 10.3. The van der Waals surface area contributed by atoms with Crippen molar-refractivity contribution in [3.05, 3.63) is 35.5 Å². The molecule has 6 heteroatoms. The molecule has 0 spiro atoms. The summed E-state index contributed by atoms with van der Waals surface area (Å²) in [5.74, 6) is 0.732. The van der Waals surface area contributed by atoms with Crippen LogP contribution in [0.2, 0.25) is 5.28 Å². The van der Waals surface area contributed by atoms with E-state index < -0.39 is 0 Å². The Bertz CT molecular complexity index is 468. The quantitative estimate of drug-likeness (QED) is 0.820. The van der Waals surface area contributed by atoms with E-state index in [0.29, 0.717) is 0 Å². The Morgan fingerprint density at radius 1 is 1.44 bits per heavy atom. The highest BCUT2D eigenvalue weighted by molar-refractivity contribution is 6.28. The molecule has 0 saturated carbocycles. The summed E-state index contributed by atoms with van der Waals surface area (Å²) < 4.78 is 1.79. The van der Waals surface area contributed by atoms with Crippen LogP contribution in [0.3, 0.4) is 0 Å². The van der Waals surface area contributed by atoms with Gasteiger partial charge in [-0.15, -0.1) is 0 Å². The molecular weight excluding hydrogens is 226 g/mol. The summed E-state index contributed by atoms with van der Waals surface area (Å²) in [5, 5.41) is 7.69. The van der Waals surface area contributed by atoms with Crippen molar-refractivity contribution in [1.82, 2.24) is 19.7 Å². The molecule has 0 aliphatic carbocycles. The van der Waals surface area contributed by atoms with E-state index in [1.54, 1.807) is 16.9 Å². The molecule has 2 rings (SSSR count). The fraction of sp³-hybridized carbons (Fsp3) is 0.300. The lowest BCUT2D eigenvalue weighted by Gasteiger charge is -2.03. The number of nitrogens with one attached hydrogen (secondary N) is 1. The van der Waals surface area contributed by atoms with Gasteiger partial charge < -0.3 is 5.32 Å². The van der Waals surface area contributed by atoms with Crippen LogP contribution in [0.25, 0.3) is 0 Å². The molecule has 0 aliphatic heterocycles. The van der Waals surface area contributed by atoms with Crippen molar-refractivity contribution in [2.45, 2.75) is 6.42 Å². The van der Waals surface area contributed by atoms with Crippen LogP contribution in [-0.2, 0) is 13.5 Å². The first-order valence-electron chi connectivity index (χ1n) is 4.95. The average molecular weight is 238 g/mol. The second-order valence-electron chi connectivity index (χ2n) is 3.37. The van der Waals surface area contributed by atoms with Gasteiger partial charge >= 0.3 is 0 Å². The zero-order valence-corrected chi connectivity index (χ0v) is 9.65. The van der Waals surface area contributed by atoms with Crippen molar-refractivity contribution in [2.24, 2.45) is 7.05 Å². The van der Waals surface area contributed by atoms with E-state index in [2.05, 4.69) is 20.4 Å². The van der Waals surface area contributed by atoms with Gasteiger partial charge in [0, 0.05) is 32.4 Å². The fourth-order valence-electron chi connectivity index (χ4n) is 1.35. The summed E-state index contributed by atoms with van der Waals surface area (Å²) in [6.07, 6.45) is 4.40. The van der Waals surface area contributed by atoms with Gasteiger partial charge in [-0.05, 0) is 23.7 Å². The maximum atomic E-state index is 5.67. The molecule has 0 bridgehead atoms. The van der Waals surface area contributed by atoms with Crippen LogP contribution in [-0.4, -0.2) is 26.3 Å². The molecule has 84 valence electrons. The molecule has 0 atom stereocenters. The second-order valence-corrected chi connectivity index (χ2v) is 3.71. The van der Waals surface area contributed by atoms with Gasteiger partial charge in [0.15, 0.2) is 0 Å². The van der Waals surface area contributed by atoms with Crippen molar-refractivity contribution >= 4 is 17.4 Å². The summed E-state index contributed by atoms with van der Waals surface area (Å²) in [6.45, 7) is 0.768. The Balaban J connectivity index is 1.84. The number of aryl methyl sites for hydroxylation is 1. The van der Waals surface area contributed by atoms with Gasteiger partial charge in [0.2, 0.25) is 5.28 Å². The highest BCUT2D eigenvalue weighted by atomic mass is 35.5. The molecule has 16 heavy (non-hydrogen) atoms. The van der Waals surface area contributed by atoms with Gasteiger partial charge in [-0.25, -0.2) is 9.97 Å². The molecule has 1 N–H and O–H groups in total. The van der Waals surface area contributed by atoms with Crippen molar-refractivity contribution in [2.75, 3.05) is 11.9 Å². The smallest absolute Gasteiger partial charge is 0.224 e. The van der Waals surface area contributed by atoms with Crippen LogP contribution in [0.15, 0.2) is 24.5 Å². The van der Waals surface area contributed by atoms with E-state index in [0.717, 1.165) is 24.5 Å². The Morgan fingerprint density at radius 3 is 3.00 bits per heavy atom. The lowest BCUT2D eigenvalue weighted by molar-refractivity contribution is 0.742. The minimum absolute atomic E-state index is 0.253. The van der Waals surface area contributed by atoms with Crippen LogP contribution >= 0.6 is 11.6 Å². The summed E-state index contributed by atoms with van der Waals surface area (Å²) in [7, 11) is 1.90. The minimum atomic E-state index is 0.253.